The predicted molar refractivity (Wildman–Crippen MR) is 142 cm³/mol. The highest BCUT2D eigenvalue weighted by Crippen LogP contribution is 2.62. The minimum Gasteiger partial charge on any atom is -0.541 e. The fraction of sp³-hybridized carbons (Fsp3) is 0.577. The Morgan fingerprint density at radius 3 is 2.15 bits per heavy atom. The maximum absolute atomic E-state index is 14.0. The van der Waals surface area contributed by atoms with Gasteiger partial charge in [-0.25, -0.2) is 0 Å². The van der Waals surface area contributed by atoms with E-state index in [1.165, 1.54) is 0 Å². The molecule has 8 heteroatoms. The van der Waals surface area contributed by atoms with Crippen molar-refractivity contribution >= 4 is 15.9 Å². The first kappa shape index (κ1) is 28.6. The minimum absolute atomic E-state index is 0.0454. The molecule has 1 unspecified atom stereocenters. The lowest BCUT2D eigenvalue weighted by Crippen LogP contribution is -2.44. The SMILES string of the molecule is CCOP(=O)(OCC)C(Cc1ccc(C)nc1)c1cc(C)c(O[Si](C)(C)C(C)(C)C)c(OC)c1. The summed E-state index contributed by atoms with van der Waals surface area (Å²) in [5, 5.41) is 0.0454. The molecule has 0 spiro atoms. The molecule has 0 saturated carbocycles. The topological polar surface area (TPSA) is 66.9 Å². The van der Waals surface area contributed by atoms with Gasteiger partial charge in [-0.05, 0) is 81.1 Å². The average Bonchev–Trinajstić information content (AvgIpc) is 2.74. The number of rotatable bonds is 11. The van der Waals surface area contributed by atoms with Crippen molar-refractivity contribution in [1.29, 1.82) is 0 Å². The first-order chi connectivity index (χ1) is 15.8. The molecule has 1 aromatic heterocycles. The second-order valence-corrected chi connectivity index (χ2v) is 17.1. The maximum atomic E-state index is 14.0. The van der Waals surface area contributed by atoms with Crippen molar-refractivity contribution in [3.63, 3.8) is 0 Å². The number of pyridine rings is 1. The van der Waals surface area contributed by atoms with Crippen LogP contribution in [-0.4, -0.2) is 33.6 Å². The van der Waals surface area contributed by atoms with Crippen molar-refractivity contribution in [2.24, 2.45) is 0 Å². The van der Waals surface area contributed by atoms with Crippen LogP contribution < -0.4 is 9.16 Å². The van der Waals surface area contributed by atoms with Gasteiger partial charge in [0, 0.05) is 11.9 Å². The van der Waals surface area contributed by atoms with E-state index in [-0.39, 0.29) is 5.04 Å². The molecular weight excluding hydrogens is 465 g/mol. The lowest BCUT2D eigenvalue weighted by atomic mass is 10.0. The molecule has 2 aromatic rings. The van der Waals surface area contributed by atoms with Crippen molar-refractivity contribution in [3.05, 3.63) is 52.8 Å². The second-order valence-electron chi connectivity index (χ2n) is 10.1. The van der Waals surface area contributed by atoms with Crippen LogP contribution in [0.1, 0.15) is 62.7 Å². The molecule has 1 heterocycles. The first-order valence-electron chi connectivity index (χ1n) is 12.0. The van der Waals surface area contributed by atoms with Crippen LogP contribution in [0.2, 0.25) is 18.1 Å². The van der Waals surface area contributed by atoms with Gasteiger partial charge < -0.3 is 18.2 Å². The Hall–Kier alpha value is -1.66. The first-order valence-corrected chi connectivity index (χ1v) is 16.5. The molecule has 0 aliphatic heterocycles. The molecule has 0 fully saturated rings. The number of ether oxygens (including phenoxy) is 1. The summed E-state index contributed by atoms with van der Waals surface area (Å²) in [6.07, 6.45) is 2.29. The lowest BCUT2D eigenvalue weighted by Gasteiger charge is -2.37. The highest BCUT2D eigenvalue weighted by Gasteiger charge is 2.41. The molecule has 6 nitrogen and oxygen atoms in total. The Morgan fingerprint density at radius 2 is 1.68 bits per heavy atom. The zero-order chi connectivity index (χ0) is 25.7. The zero-order valence-electron chi connectivity index (χ0n) is 22.5. The Bertz CT molecular complexity index is 991. The lowest BCUT2D eigenvalue weighted by molar-refractivity contribution is 0.211. The smallest absolute Gasteiger partial charge is 0.338 e. The summed E-state index contributed by atoms with van der Waals surface area (Å²) in [4.78, 5) is 4.42. The highest BCUT2D eigenvalue weighted by molar-refractivity contribution is 7.54. The van der Waals surface area contributed by atoms with Gasteiger partial charge in [0.2, 0.25) is 0 Å². The van der Waals surface area contributed by atoms with Gasteiger partial charge in [0.1, 0.15) is 5.75 Å². The van der Waals surface area contributed by atoms with Gasteiger partial charge in [0.05, 0.1) is 26.0 Å². The molecular formula is C26H42NO5PSi. The molecule has 1 aromatic carbocycles. The molecule has 190 valence electrons. The summed E-state index contributed by atoms with van der Waals surface area (Å²) < 4.78 is 38.0. The third-order valence-corrected chi connectivity index (χ3v) is 13.2. The standard InChI is InChI=1S/C26H42NO5PSi/c1-11-30-33(28,31-12-2)24(16-21-14-13-20(4)27-18-21)22-15-19(3)25(23(17-22)29-8)32-34(9,10)26(5,6)7/h13-15,17-18,24H,11-12,16H2,1-10H3. The van der Waals surface area contributed by atoms with E-state index >= 15 is 0 Å². The van der Waals surface area contributed by atoms with E-state index in [4.69, 9.17) is 18.2 Å². The number of aryl methyl sites for hydroxylation is 2. The maximum Gasteiger partial charge on any atom is 0.338 e. The molecule has 0 bridgehead atoms. The van der Waals surface area contributed by atoms with Crippen molar-refractivity contribution in [3.8, 4) is 11.5 Å². The van der Waals surface area contributed by atoms with Crippen molar-refractivity contribution < 1.29 is 22.8 Å². The molecule has 34 heavy (non-hydrogen) atoms. The molecule has 0 amide bonds. The molecule has 1 atom stereocenters. The largest absolute Gasteiger partial charge is 0.541 e. The summed E-state index contributed by atoms with van der Waals surface area (Å²) in [7, 11) is -3.93. The third kappa shape index (κ3) is 6.72. The Labute approximate surface area is 207 Å². The number of methoxy groups -OCH3 is 1. The van der Waals surface area contributed by atoms with Gasteiger partial charge in [-0.1, -0.05) is 32.9 Å². The average molecular weight is 508 g/mol. The Balaban J connectivity index is 2.62. The highest BCUT2D eigenvalue weighted by atomic mass is 31.2. The van der Waals surface area contributed by atoms with E-state index in [0.29, 0.717) is 25.4 Å². The van der Waals surface area contributed by atoms with Crippen LogP contribution >= 0.6 is 7.60 Å². The molecule has 2 rings (SSSR count). The van der Waals surface area contributed by atoms with Crippen LogP contribution in [0.3, 0.4) is 0 Å². The van der Waals surface area contributed by atoms with E-state index in [1.807, 2.05) is 58.2 Å². The fourth-order valence-corrected chi connectivity index (χ4v) is 6.66. The monoisotopic (exact) mass is 507 g/mol. The van der Waals surface area contributed by atoms with E-state index < -0.39 is 21.6 Å². The van der Waals surface area contributed by atoms with Gasteiger partial charge in [-0.3, -0.25) is 9.55 Å². The van der Waals surface area contributed by atoms with Gasteiger partial charge in [0.25, 0.3) is 8.32 Å². The number of aromatic nitrogens is 1. The van der Waals surface area contributed by atoms with Crippen LogP contribution in [0, 0.1) is 13.8 Å². The quantitative estimate of drug-likeness (QED) is 0.230. The minimum atomic E-state index is -3.48. The van der Waals surface area contributed by atoms with Crippen molar-refractivity contribution in [2.45, 2.75) is 78.7 Å². The van der Waals surface area contributed by atoms with Crippen LogP contribution in [-0.2, 0) is 20.0 Å². The number of benzene rings is 1. The summed E-state index contributed by atoms with van der Waals surface area (Å²) in [5.74, 6) is 1.38. The van der Waals surface area contributed by atoms with Gasteiger partial charge >= 0.3 is 7.60 Å². The fourth-order valence-electron chi connectivity index (χ4n) is 3.48. The summed E-state index contributed by atoms with van der Waals surface area (Å²) >= 11 is 0. The third-order valence-electron chi connectivity index (χ3n) is 6.43. The summed E-state index contributed by atoms with van der Waals surface area (Å²) in [6, 6.07) is 7.92. The van der Waals surface area contributed by atoms with Gasteiger partial charge in [-0.15, -0.1) is 0 Å². The molecule has 0 aliphatic rings. The van der Waals surface area contributed by atoms with E-state index in [1.54, 1.807) is 7.11 Å². The van der Waals surface area contributed by atoms with Crippen molar-refractivity contribution in [1.82, 2.24) is 4.98 Å². The zero-order valence-corrected chi connectivity index (χ0v) is 24.4. The van der Waals surface area contributed by atoms with E-state index in [2.05, 4.69) is 38.8 Å². The summed E-state index contributed by atoms with van der Waals surface area (Å²) in [6.45, 7) is 19.3. The Morgan fingerprint density at radius 1 is 1.06 bits per heavy atom. The van der Waals surface area contributed by atoms with Crippen LogP contribution in [0.4, 0.5) is 0 Å². The summed E-state index contributed by atoms with van der Waals surface area (Å²) in [5.41, 5.74) is 3.16. The molecule has 0 saturated heterocycles. The number of hydrogen-bond acceptors (Lipinski definition) is 6. The molecule has 0 aliphatic carbocycles. The van der Waals surface area contributed by atoms with Gasteiger partial charge in [-0.2, -0.15) is 0 Å². The van der Waals surface area contributed by atoms with Gasteiger partial charge in [0.15, 0.2) is 5.75 Å². The molecule has 0 N–H and O–H groups in total. The molecule has 0 radical (unpaired) electrons. The predicted octanol–water partition coefficient (Wildman–Crippen LogP) is 7.64. The van der Waals surface area contributed by atoms with E-state index in [0.717, 1.165) is 28.1 Å². The normalized spacial score (nSPS) is 13.6. The van der Waals surface area contributed by atoms with E-state index in [9.17, 15) is 4.57 Å². The van der Waals surface area contributed by atoms with Crippen LogP contribution in [0.25, 0.3) is 0 Å². The Kier molecular flexibility index (Phi) is 9.57. The number of hydrogen-bond donors (Lipinski definition) is 0. The number of nitrogens with zero attached hydrogens (tertiary/aromatic N) is 1. The van der Waals surface area contributed by atoms with Crippen LogP contribution in [0.5, 0.6) is 11.5 Å². The van der Waals surface area contributed by atoms with Crippen molar-refractivity contribution in [2.75, 3.05) is 20.3 Å². The van der Waals surface area contributed by atoms with Crippen LogP contribution in [0.15, 0.2) is 30.5 Å². The second kappa shape index (κ2) is 11.4.